The minimum absolute atomic E-state index is 0.101. The summed E-state index contributed by atoms with van der Waals surface area (Å²) in [6, 6.07) is 11.4. The van der Waals surface area contributed by atoms with Crippen molar-refractivity contribution in [1.82, 2.24) is 5.43 Å². The molecule has 0 aliphatic heterocycles. The molecule has 0 saturated heterocycles. The van der Waals surface area contributed by atoms with Crippen molar-refractivity contribution in [2.24, 2.45) is 5.10 Å². The van der Waals surface area contributed by atoms with E-state index in [2.05, 4.69) is 10.5 Å². The fourth-order valence-corrected chi connectivity index (χ4v) is 2.86. The number of carbonyl (C=O) groups excluding carboxylic acids is 1. The number of nitro benzene ring substituents is 1. The molecule has 2 aromatic rings. The summed E-state index contributed by atoms with van der Waals surface area (Å²) in [5.41, 5.74) is 3.68. The summed E-state index contributed by atoms with van der Waals surface area (Å²) in [6.45, 7) is 0. The van der Waals surface area contributed by atoms with Crippen LogP contribution in [-0.4, -0.2) is 22.8 Å². The van der Waals surface area contributed by atoms with Crippen LogP contribution in [0.5, 0.6) is 0 Å². The molecule has 0 unspecified atom stereocenters. The number of hydrogen-bond donors (Lipinski definition) is 1. The average Bonchev–Trinajstić information content (AvgIpc) is 2.58. The second-order valence-corrected chi connectivity index (χ2v) is 6.70. The maximum atomic E-state index is 11.7. The minimum atomic E-state index is -0.528. The Morgan fingerprint density at radius 2 is 1.96 bits per heavy atom. The van der Waals surface area contributed by atoms with E-state index in [1.54, 1.807) is 12.1 Å². The van der Waals surface area contributed by atoms with E-state index in [1.165, 1.54) is 36.2 Å². The zero-order valence-corrected chi connectivity index (χ0v) is 15.1. The molecule has 6 nitrogen and oxygen atoms in total. The molecule has 0 aliphatic carbocycles. The van der Waals surface area contributed by atoms with Crippen molar-refractivity contribution in [3.8, 4) is 0 Å². The van der Waals surface area contributed by atoms with Crippen molar-refractivity contribution in [1.29, 1.82) is 0 Å². The van der Waals surface area contributed by atoms with E-state index in [-0.39, 0.29) is 17.3 Å². The standard InChI is InChI=1S/C16H13Cl2N3O3S/c17-13-3-1-11(2-4-13)9-25-10-16(22)20-19-8-12-7-14(21(23)24)5-6-15(12)18/h1-8H,9-10H2,(H,20,22)/b19-8-. The molecule has 130 valence electrons. The molecule has 9 heteroatoms. The number of amides is 1. The van der Waals surface area contributed by atoms with Gasteiger partial charge in [-0.15, -0.1) is 11.8 Å². The van der Waals surface area contributed by atoms with Crippen LogP contribution in [0.25, 0.3) is 0 Å². The van der Waals surface area contributed by atoms with Gasteiger partial charge in [0, 0.05) is 33.5 Å². The van der Waals surface area contributed by atoms with E-state index in [4.69, 9.17) is 23.2 Å². The van der Waals surface area contributed by atoms with Crippen molar-refractivity contribution in [3.63, 3.8) is 0 Å². The number of nitro groups is 1. The molecule has 0 radical (unpaired) electrons. The highest BCUT2D eigenvalue weighted by Crippen LogP contribution is 2.20. The number of carbonyl (C=O) groups is 1. The SMILES string of the molecule is O=C(CSCc1ccc(Cl)cc1)N/N=C\c1cc([N+](=O)[O-])ccc1Cl. The summed E-state index contributed by atoms with van der Waals surface area (Å²) in [5.74, 6) is 0.616. The molecule has 0 heterocycles. The molecule has 25 heavy (non-hydrogen) atoms. The van der Waals surface area contributed by atoms with Gasteiger partial charge in [0.2, 0.25) is 5.91 Å². The van der Waals surface area contributed by atoms with Gasteiger partial charge in [-0.05, 0) is 23.8 Å². The van der Waals surface area contributed by atoms with Crippen LogP contribution in [0.3, 0.4) is 0 Å². The second-order valence-electron chi connectivity index (χ2n) is 4.88. The van der Waals surface area contributed by atoms with Crippen LogP contribution in [0.1, 0.15) is 11.1 Å². The zero-order chi connectivity index (χ0) is 18.2. The van der Waals surface area contributed by atoms with Crippen molar-refractivity contribution in [2.75, 3.05) is 5.75 Å². The van der Waals surface area contributed by atoms with E-state index in [9.17, 15) is 14.9 Å². The van der Waals surface area contributed by atoms with Crippen molar-refractivity contribution >= 4 is 52.8 Å². The lowest BCUT2D eigenvalue weighted by Crippen LogP contribution is -2.19. The smallest absolute Gasteiger partial charge is 0.270 e. The topological polar surface area (TPSA) is 84.6 Å². The summed E-state index contributed by atoms with van der Waals surface area (Å²) in [7, 11) is 0. The van der Waals surface area contributed by atoms with E-state index >= 15 is 0 Å². The van der Waals surface area contributed by atoms with Gasteiger partial charge in [-0.3, -0.25) is 14.9 Å². The summed E-state index contributed by atoms with van der Waals surface area (Å²) in [5, 5.41) is 15.5. The fraction of sp³-hybridized carbons (Fsp3) is 0.125. The van der Waals surface area contributed by atoms with Crippen LogP contribution in [-0.2, 0) is 10.5 Å². The van der Waals surface area contributed by atoms with Crippen LogP contribution in [0, 0.1) is 10.1 Å². The first-order valence-electron chi connectivity index (χ1n) is 7.04. The van der Waals surface area contributed by atoms with Gasteiger partial charge in [-0.2, -0.15) is 5.10 Å². The fourth-order valence-electron chi connectivity index (χ4n) is 1.79. The van der Waals surface area contributed by atoms with Crippen molar-refractivity contribution in [2.45, 2.75) is 5.75 Å². The third-order valence-electron chi connectivity index (χ3n) is 3.00. The maximum Gasteiger partial charge on any atom is 0.270 e. The monoisotopic (exact) mass is 397 g/mol. The molecular formula is C16H13Cl2N3O3S. The number of halogens is 2. The molecule has 0 bridgehead atoms. The lowest BCUT2D eigenvalue weighted by molar-refractivity contribution is -0.384. The van der Waals surface area contributed by atoms with Gasteiger partial charge in [-0.1, -0.05) is 35.3 Å². The van der Waals surface area contributed by atoms with Gasteiger partial charge in [0.1, 0.15) is 0 Å². The average molecular weight is 398 g/mol. The highest BCUT2D eigenvalue weighted by Gasteiger charge is 2.08. The van der Waals surface area contributed by atoms with Gasteiger partial charge < -0.3 is 0 Å². The normalized spacial score (nSPS) is 10.8. The Balaban J connectivity index is 1.81. The van der Waals surface area contributed by atoms with Gasteiger partial charge in [0.05, 0.1) is 16.9 Å². The third-order valence-corrected chi connectivity index (χ3v) is 4.60. The Labute approximate surface area is 158 Å². The van der Waals surface area contributed by atoms with Gasteiger partial charge >= 0.3 is 0 Å². The summed E-state index contributed by atoms with van der Waals surface area (Å²) in [4.78, 5) is 21.9. The molecule has 0 fully saturated rings. The Morgan fingerprint density at radius 3 is 2.64 bits per heavy atom. The maximum absolute atomic E-state index is 11.7. The molecule has 2 rings (SSSR count). The highest BCUT2D eigenvalue weighted by molar-refractivity contribution is 7.99. The van der Waals surface area contributed by atoms with Crippen LogP contribution >= 0.6 is 35.0 Å². The Hall–Kier alpha value is -2.09. The van der Waals surface area contributed by atoms with Crippen LogP contribution in [0.15, 0.2) is 47.6 Å². The number of nitrogens with zero attached hydrogens (tertiary/aromatic N) is 2. The lowest BCUT2D eigenvalue weighted by Gasteiger charge is -2.02. The third kappa shape index (κ3) is 6.38. The van der Waals surface area contributed by atoms with Crippen LogP contribution < -0.4 is 5.43 Å². The molecule has 0 aromatic heterocycles. The lowest BCUT2D eigenvalue weighted by atomic mass is 10.2. The molecule has 0 atom stereocenters. The molecule has 0 spiro atoms. The first-order chi connectivity index (χ1) is 12.0. The highest BCUT2D eigenvalue weighted by atomic mass is 35.5. The van der Waals surface area contributed by atoms with E-state index in [0.29, 0.717) is 21.4 Å². The van der Waals surface area contributed by atoms with E-state index in [1.807, 2.05) is 12.1 Å². The summed E-state index contributed by atoms with van der Waals surface area (Å²) >= 11 is 13.2. The minimum Gasteiger partial charge on any atom is -0.272 e. The van der Waals surface area contributed by atoms with Crippen LogP contribution in [0.4, 0.5) is 5.69 Å². The number of hydrazone groups is 1. The molecule has 0 aliphatic rings. The quantitative estimate of drug-likeness (QED) is 0.429. The predicted molar refractivity (Wildman–Crippen MR) is 101 cm³/mol. The Bertz CT molecular complexity index is 798. The summed E-state index contributed by atoms with van der Waals surface area (Å²) in [6.07, 6.45) is 1.27. The number of nitrogens with one attached hydrogen (secondary N) is 1. The Morgan fingerprint density at radius 1 is 1.24 bits per heavy atom. The number of rotatable bonds is 7. The first-order valence-corrected chi connectivity index (χ1v) is 8.95. The molecular weight excluding hydrogens is 385 g/mol. The number of benzene rings is 2. The molecule has 0 saturated carbocycles. The number of non-ortho nitro benzene ring substituents is 1. The summed E-state index contributed by atoms with van der Waals surface area (Å²) < 4.78 is 0. The molecule has 1 N–H and O–H groups in total. The largest absolute Gasteiger partial charge is 0.272 e. The van der Waals surface area contributed by atoms with Gasteiger partial charge in [0.15, 0.2) is 0 Å². The number of hydrogen-bond acceptors (Lipinski definition) is 5. The van der Waals surface area contributed by atoms with Gasteiger partial charge in [0.25, 0.3) is 5.69 Å². The Kier molecular flexibility index (Phi) is 7.24. The van der Waals surface area contributed by atoms with Gasteiger partial charge in [-0.25, -0.2) is 5.43 Å². The van der Waals surface area contributed by atoms with E-state index < -0.39 is 4.92 Å². The first kappa shape index (κ1) is 19.2. The predicted octanol–water partition coefficient (Wildman–Crippen LogP) is 4.29. The number of thioether (sulfide) groups is 1. The van der Waals surface area contributed by atoms with Crippen molar-refractivity contribution < 1.29 is 9.72 Å². The zero-order valence-electron chi connectivity index (χ0n) is 12.8. The van der Waals surface area contributed by atoms with Crippen molar-refractivity contribution in [3.05, 3.63) is 73.8 Å². The molecule has 1 amide bonds. The molecule has 2 aromatic carbocycles. The van der Waals surface area contributed by atoms with E-state index in [0.717, 1.165) is 5.56 Å². The second kappa shape index (κ2) is 9.41. The van der Waals surface area contributed by atoms with Crippen LogP contribution in [0.2, 0.25) is 10.0 Å².